The minimum atomic E-state index is -0.905. The highest BCUT2D eigenvalue weighted by atomic mass is 16.5. The van der Waals surface area contributed by atoms with Crippen LogP contribution in [0, 0.1) is 11.8 Å². The van der Waals surface area contributed by atoms with E-state index < -0.39 is 17.9 Å². The van der Waals surface area contributed by atoms with Gasteiger partial charge in [0.2, 0.25) is 0 Å². The van der Waals surface area contributed by atoms with Crippen LogP contribution in [0.1, 0.15) is 45.6 Å². The van der Waals surface area contributed by atoms with Gasteiger partial charge in [-0.25, -0.2) is 0 Å². The van der Waals surface area contributed by atoms with Crippen molar-refractivity contribution in [1.82, 2.24) is 0 Å². The lowest BCUT2D eigenvalue weighted by Gasteiger charge is -2.23. The zero-order valence-electron chi connectivity index (χ0n) is 15.0. The minimum Gasteiger partial charge on any atom is -0.465 e. The molecule has 0 fully saturated rings. The molecule has 0 aliphatic carbocycles. The molecule has 0 saturated heterocycles. The molecule has 0 bridgehead atoms. The Kier molecular flexibility index (Phi) is 8.47. The number of carbonyl (C=O) groups excluding carboxylic acids is 2. The summed E-state index contributed by atoms with van der Waals surface area (Å²) in [6.45, 7) is 8.51. The van der Waals surface area contributed by atoms with Crippen LogP contribution in [0.2, 0.25) is 0 Å². The summed E-state index contributed by atoms with van der Waals surface area (Å²) in [4.78, 5) is 24.3. The van der Waals surface area contributed by atoms with Gasteiger partial charge in [0.1, 0.15) is 6.04 Å². The minimum absolute atomic E-state index is 0.0503. The third-order valence-electron chi connectivity index (χ3n) is 3.46. The van der Waals surface area contributed by atoms with E-state index in [1.807, 2.05) is 58.0 Å². The zero-order chi connectivity index (χ0) is 18.1. The SMILES string of the molecule is CC(C)COC(=O)C[C@H](c1ccccc1)[C@@H](N)C(=O)OCC(C)C. The fourth-order valence-electron chi connectivity index (χ4n) is 2.16. The fourth-order valence-corrected chi connectivity index (χ4v) is 2.16. The Hall–Kier alpha value is -1.88. The van der Waals surface area contributed by atoms with Gasteiger partial charge < -0.3 is 15.2 Å². The maximum Gasteiger partial charge on any atom is 0.323 e. The summed E-state index contributed by atoms with van der Waals surface area (Å²) in [6.07, 6.45) is 0.0503. The second-order valence-corrected chi connectivity index (χ2v) is 6.85. The monoisotopic (exact) mass is 335 g/mol. The van der Waals surface area contributed by atoms with Gasteiger partial charge in [0.15, 0.2) is 0 Å². The van der Waals surface area contributed by atoms with Gasteiger partial charge in [-0.15, -0.1) is 0 Å². The summed E-state index contributed by atoms with van der Waals surface area (Å²) in [5.41, 5.74) is 6.93. The van der Waals surface area contributed by atoms with Crippen LogP contribution in [0.4, 0.5) is 0 Å². The number of nitrogens with two attached hydrogens (primary N) is 1. The van der Waals surface area contributed by atoms with Crippen LogP contribution in [0.3, 0.4) is 0 Å². The van der Waals surface area contributed by atoms with Crippen molar-refractivity contribution in [1.29, 1.82) is 0 Å². The molecule has 2 atom stereocenters. The molecule has 0 aromatic heterocycles. The standard InChI is InChI=1S/C19H29NO4/c1-13(2)11-23-17(21)10-16(15-8-6-5-7-9-15)18(20)19(22)24-12-14(3)4/h5-9,13-14,16,18H,10-12,20H2,1-4H3/t16-,18-/m1/s1. The second kappa shape index (κ2) is 10.1. The number of hydrogen-bond acceptors (Lipinski definition) is 5. The van der Waals surface area contributed by atoms with Crippen molar-refractivity contribution < 1.29 is 19.1 Å². The Labute approximate surface area is 144 Å². The van der Waals surface area contributed by atoms with Crippen LogP contribution < -0.4 is 5.73 Å². The number of hydrogen-bond donors (Lipinski definition) is 1. The predicted octanol–water partition coefficient (Wildman–Crippen LogP) is 2.89. The molecule has 0 saturated carbocycles. The summed E-state index contributed by atoms with van der Waals surface area (Å²) in [7, 11) is 0. The van der Waals surface area contributed by atoms with Crippen LogP contribution >= 0.6 is 0 Å². The molecule has 134 valence electrons. The van der Waals surface area contributed by atoms with Gasteiger partial charge in [-0.05, 0) is 17.4 Å². The van der Waals surface area contributed by atoms with Crippen LogP contribution in [0.25, 0.3) is 0 Å². The van der Waals surface area contributed by atoms with E-state index in [4.69, 9.17) is 15.2 Å². The first-order valence-corrected chi connectivity index (χ1v) is 8.44. The molecule has 1 aromatic carbocycles. The van der Waals surface area contributed by atoms with Crippen LogP contribution in [0.15, 0.2) is 30.3 Å². The van der Waals surface area contributed by atoms with Gasteiger partial charge in [0, 0.05) is 5.92 Å². The van der Waals surface area contributed by atoms with E-state index in [1.165, 1.54) is 0 Å². The fraction of sp³-hybridized carbons (Fsp3) is 0.579. The zero-order valence-corrected chi connectivity index (χ0v) is 15.0. The number of esters is 2. The van der Waals surface area contributed by atoms with Crippen molar-refractivity contribution >= 4 is 11.9 Å². The molecule has 0 aliphatic rings. The maximum atomic E-state index is 12.2. The highest BCUT2D eigenvalue weighted by molar-refractivity contribution is 5.79. The van der Waals surface area contributed by atoms with E-state index in [-0.39, 0.29) is 24.2 Å². The predicted molar refractivity (Wildman–Crippen MR) is 93.4 cm³/mol. The highest BCUT2D eigenvalue weighted by Gasteiger charge is 2.30. The summed E-state index contributed by atoms with van der Waals surface area (Å²) in [5, 5.41) is 0. The molecule has 24 heavy (non-hydrogen) atoms. The van der Waals surface area contributed by atoms with Crippen molar-refractivity contribution in [3.05, 3.63) is 35.9 Å². The molecule has 0 aliphatic heterocycles. The molecule has 0 amide bonds. The lowest BCUT2D eigenvalue weighted by molar-refractivity contribution is -0.148. The quantitative estimate of drug-likeness (QED) is 0.702. The molecule has 0 spiro atoms. The Morgan fingerprint density at radius 2 is 1.50 bits per heavy atom. The second-order valence-electron chi connectivity index (χ2n) is 6.85. The van der Waals surface area contributed by atoms with E-state index >= 15 is 0 Å². The van der Waals surface area contributed by atoms with Crippen LogP contribution in [-0.2, 0) is 19.1 Å². The largest absolute Gasteiger partial charge is 0.465 e. The summed E-state index contributed by atoms with van der Waals surface area (Å²) in [5.74, 6) is -0.828. The van der Waals surface area contributed by atoms with Gasteiger partial charge in [0.25, 0.3) is 0 Å². The van der Waals surface area contributed by atoms with Crippen LogP contribution in [0.5, 0.6) is 0 Å². The number of ether oxygens (including phenoxy) is 2. The Balaban J connectivity index is 2.81. The first-order chi connectivity index (χ1) is 11.3. The van der Waals surface area contributed by atoms with Gasteiger partial charge in [-0.3, -0.25) is 9.59 Å². The molecule has 5 nitrogen and oxygen atoms in total. The van der Waals surface area contributed by atoms with Crippen LogP contribution in [-0.4, -0.2) is 31.2 Å². The summed E-state index contributed by atoms with van der Waals surface area (Å²) in [6, 6.07) is 8.39. The average molecular weight is 335 g/mol. The Bertz CT molecular complexity index is 513. The molecule has 1 aromatic rings. The first kappa shape index (κ1) is 20.2. The Morgan fingerprint density at radius 1 is 0.958 bits per heavy atom. The van der Waals surface area contributed by atoms with E-state index in [2.05, 4.69) is 0 Å². The van der Waals surface area contributed by atoms with Crippen molar-refractivity contribution in [2.75, 3.05) is 13.2 Å². The van der Waals surface area contributed by atoms with Gasteiger partial charge >= 0.3 is 11.9 Å². The molecular weight excluding hydrogens is 306 g/mol. The number of benzene rings is 1. The third-order valence-corrected chi connectivity index (χ3v) is 3.46. The topological polar surface area (TPSA) is 78.6 Å². The van der Waals surface area contributed by atoms with Crippen molar-refractivity contribution in [3.8, 4) is 0 Å². The highest BCUT2D eigenvalue weighted by Crippen LogP contribution is 2.24. The summed E-state index contributed by atoms with van der Waals surface area (Å²) >= 11 is 0. The van der Waals surface area contributed by atoms with Crippen molar-refractivity contribution in [2.24, 2.45) is 17.6 Å². The molecular formula is C19H29NO4. The van der Waals surface area contributed by atoms with Gasteiger partial charge in [0.05, 0.1) is 19.6 Å². The van der Waals surface area contributed by atoms with Gasteiger partial charge in [-0.2, -0.15) is 0 Å². The molecule has 0 unspecified atom stereocenters. The van der Waals surface area contributed by atoms with Crippen molar-refractivity contribution in [3.63, 3.8) is 0 Å². The van der Waals surface area contributed by atoms with E-state index in [9.17, 15) is 9.59 Å². The number of carbonyl (C=O) groups is 2. The number of rotatable bonds is 9. The average Bonchev–Trinajstić information content (AvgIpc) is 2.55. The van der Waals surface area contributed by atoms with E-state index in [1.54, 1.807) is 0 Å². The third kappa shape index (κ3) is 7.13. The van der Waals surface area contributed by atoms with E-state index in [0.29, 0.717) is 13.2 Å². The Morgan fingerprint density at radius 3 is 2.04 bits per heavy atom. The molecule has 0 radical (unpaired) electrons. The normalized spacial score (nSPS) is 13.6. The first-order valence-electron chi connectivity index (χ1n) is 8.44. The summed E-state index contributed by atoms with van der Waals surface area (Å²) < 4.78 is 10.5. The maximum absolute atomic E-state index is 12.2. The lowest BCUT2D eigenvalue weighted by Crippen LogP contribution is -2.39. The smallest absolute Gasteiger partial charge is 0.323 e. The molecule has 1 rings (SSSR count). The molecule has 2 N–H and O–H groups in total. The van der Waals surface area contributed by atoms with Crippen molar-refractivity contribution in [2.45, 2.75) is 46.1 Å². The van der Waals surface area contributed by atoms with Gasteiger partial charge in [-0.1, -0.05) is 58.0 Å². The molecule has 5 heteroatoms. The van der Waals surface area contributed by atoms with E-state index in [0.717, 1.165) is 5.56 Å². The lowest BCUT2D eigenvalue weighted by atomic mass is 9.89. The molecule has 0 heterocycles.